The van der Waals surface area contributed by atoms with Crippen molar-refractivity contribution < 1.29 is 9.13 Å². The van der Waals surface area contributed by atoms with Crippen molar-refractivity contribution in [1.82, 2.24) is 19.9 Å². The van der Waals surface area contributed by atoms with Gasteiger partial charge in [-0.3, -0.25) is 0 Å². The highest BCUT2D eigenvalue weighted by Crippen LogP contribution is 2.29. The van der Waals surface area contributed by atoms with Gasteiger partial charge in [0.05, 0.1) is 11.8 Å². The average molecular weight is 331 g/mol. The van der Waals surface area contributed by atoms with Gasteiger partial charge in [-0.05, 0) is 42.5 Å². The van der Waals surface area contributed by atoms with Gasteiger partial charge in [0.15, 0.2) is 5.65 Å². The smallest absolute Gasteiger partial charge is 0.181 e. The molecule has 1 N–H and O–H groups in total. The Bertz CT molecular complexity index is 1070. The molecule has 0 atom stereocenters. The van der Waals surface area contributed by atoms with Crippen molar-refractivity contribution in [3.05, 3.63) is 66.4 Å². The van der Waals surface area contributed by atoms with Crippen LogP contribution in [0.3, 0.4) is 0 Å². The van der Waals surface area contributed by atoms with Crippen molar-refractivity contribution in [1.29, 1.82) is 5.26 Å². The van der Waals surface area contributed by atoms with Crippen molar-refractivity contribution >= 4 is 11.2 Å². The van der Waals surface area contributed by atoms with Gasteiger partial charge in [0, 0.05) is 5.56 Å². The zero-order valence-electron chi connectivity index (χ0n) is 12.8. The summed E-state index contributed by atoms with van der Waals surface area (Å²) in [4.78, 5) is 15.5. The second-order valence-corrected chi connectivity index (χ2v) is 5.22. The number of ether oxygens (including phenoxy) is 1. The molecule has 0 spiro atoms. The van der Waals surface area contributed by atoms with Crippen LogP contribution in [0, 0.1) is 17.1 Å². The van der Waals surface area contributed by atoms with Gasteiger partial charge in [-0.1, -0.05) is 0 Å². The number of fused-ring (bicyclic) bond motifs is 1. The highest BCUT2D eigenvalue weighted by atomic mass is 19.1. The van der Waals surface area contributed by atoms with E-state index in [-0.39, 0.29) is 5.82 Å². The quantitative estimate of drug-likeness (QED) is 0.616. The van der Waals surface area contributed by atoms with Crippen molar-refractivity contribution in [2.24, 2.45) is 0 Å². The van der Waals surface area contributed by atoms with Crippen molar-refractivity contribution in [3.63, 3.8) is 0 Å². The minimum Gasteiger partial charge on any atom is -0.456 e. The Kier molecular flexibility index (Phi) is 3.56. The molecule has 2 heterocycles. The standard InChI is InChI=1S/C18H10FN5O/c19-13-2-4-14(5-3-13)25-16-6-1-11(7-12(16)8-20)17-23-15-9-21-10-22-18(15)24-17/h1-7,9-10H,(H,21,22,23,24). The molecule has 6 nitrogen and oxygen atoms in total. The van der Waals surface area contributed by atoms with E-state index in [0.29, 0.717) is 34.1 Å². The van der Waals surface area contributed by atoms with E-state index in [9.17, 15) is 9.65 Å². The lowest BCUT2D eigenvalue weighted by Crippen LogP contribution is -1.90. The molecular weight excluding hydrogens is 321 g/mol. The lowest BCUT2D eigenvalue weighted by molar-refractivity contribution is 0.479. The molecule has 0 aliphatic carbocycles. The van der Waals surface area contributed by atoms with Gasteiger partial charge in [-0.15, -0.1) is 0 Å². The first-order valence-electron chi connectivity index (χ1n) is 7.36. The number of nitrogens with zero attached hydrogens (tertiary/aromatic N) is 4. The number of halogens is 1. The fourth-order valence-electron chi connectivity index (χ4n) is 2.38. The number of rotatable bonds is 3. The maximum absolute atomic E-state index is 13.0. The number of hydrogen-bond donors (Lipinski definition) is 1. The Labute approximate surface area is 141 Å². The third-order valence-electron chi connectivity index (χ3n) is 3.58. The molecular formula is C18H10FN5O. The second kappa shape index (κ2) is 6.02. The van der Waals surface area contributed by atoms with Gasteiger partial charge < -0.3 is 9.72 Å². The number of benzene rings is 2. The molecule has 0 saturated carbocycles. The fourth-order valence-corrected chi connectivity index (χ4v) is 2.38. The van der Waals surface area contributed by atoms with E-state index in [1.165, 1.54) is 30.6 Å². The molecule has 0 aliphatic heterocycles. The van der Waals surface area contributed by atoms with Gasteiger partial charge in [0.25, 0.3) is 0 Å². The molecule has 0 radical (unpaired) electrons. The topological polar surface area (TPSA) is 87.5 Å². The van der Waals surface area contributed by atoms with E-state index < -0.39 is 0 Å². The maximum atomic E-state index is 13.0. The van der Waals surface area contributed by atoms with Crippen LogP contribution in [0.1, 0.15) is 5.56 Å². The summed E-state index contributed by atoms with van der Waals surface area (Å²) < 4.78 is 18.6. The minimum absolute atomic E-state index is 0.341. The predicted octanol–water partition coefficient (Wildman–Crippen LogP) is 3.82. The predicted molar refractivity (Wildman–Crippen MR) is 88.3 cm³/mol. The zero-order valence-corrected chi connectivity index (χ0v) is 12.8. The number of imidazole rings is 1. The Morgan fingerprint density at radius 1 is 1.12 bits per heavy atom. The van der Waals surface area contributed by atoms with E-state index in [1.54, 1.807) is 24.4 Å². The summed E-state index contributed by atoms with van der Waals surface area (Å²) in [5.74, 6) is 1.06. The van der Waals surface area contributed by atoms with Crippen LogP contribution in [-0.4, -0.2) is 19.9 Å². The largest absolute Gasteiger partial charge is 0.456 e. The Balaban J connectivity index is 1.69. The number of nitriles is 1. The molecule has 0 bridgehead atoms. The van der Waals surface area contributed by atoms with Crippen LogP contribution in [0.2, 0.25) is 0 Å². The van der Waals surface area contributed by atoms with E-state index in [4.69, 9.17) is 4.74 Å². The van der Waals surface area contributed by atoms with E-state index in [0.717, 1.165) is 5.56 Å². The molecule has 0 saturated heterocycles. The van der Waals surface area contributed by atoms with Gasteiger partial charge in [-0.2, -0.15) is 5.26 Å². The molecule has 4 aromatic rings. The summed E-state index contributed by atoms with van der Waals surface area (Å²) in [6.45, 7) is 0. The molecule has 25 heavy (non-hydrogen) atoms. The Morgan fingerprint density at radius 3 is 2.72 bits per heavy atom. The number of nitrogens with one attached hydrogen (secondary N) is 1. The molecule has 120 valence electrons. The molecule has 0 amide bonds. The molecule has 0 fully saturated rings. The lowest BCUT2D eigenvalue weighted by Gasteiger charge is -2.08. The van der Waals surface area contributed by atoms with Crippen LogP contribution in [0.5, 0.6) is 11.5 Å². The van der Waals surface area contributed by atoms with Crippen LogP contribution < -0.4 is 4.74 Å². The second-order valence-electron chi connectivity index (χ2n) is 5.22. The van der Waals surface area contributed by atoms with Crippen LogP contribution in [0.4, 0.5) is 4.39 Å². The van der Waals surface area contributed by atoms with Crippen molar-refractivity contribution in [2.45, 2.75) is 0 Å². The highest BCUT2D eigenvalue weighted by molar-refractivity contribution is 5.75. The van der Waals surface area contributed by atoms with E-state index in [2.05, 4.69) is 26.0 Å². The van der Waals surface area contributed by atoms with Crippen LogP contribution in [0.15, 0.2) is 55.0 Å². The number of H-pyrrole nitrogens is 1. The molecule has 0 unspecified atom stereocenters. The Hall–Kier alpha value is -3.79. The molecule has 4 rings (SSSR count). The minimum atomic E-state index is -0.351. The van der Waals surface area contributed by atoms with Gasteiger partial charge in [-0.25, -0.2) is 19.3 Å². The summed E-state index contributed by atoms with van der Waals surface area (Å²) in [5.41, 5.74) is 2.33. The monoisotopic (exact) mass is 331 g/mol. The molecule has 7 heteroatoms. The Morgan fingerprint density at radius 2 is 1.96 bits per heavy atom. The van der Waals surface area contributed by atoms with Crippen LogP contribution >= 0.6 is 0 Å². The van der Waals surface area contributed by atoms with Crippen molar-refractivity contribution in [2.75, 3.05) is 0 Å². The summed E-state index contributed by atoms with van der Waals surface area (Å²) in [6.07, 6.45) is 3.06. The van der Waals surface area contributed by atoms with E-state index in [1.807, 2.05) is 0 Å². The summed E-state index contributed by atoms with van der Waals surface area (Å²) in [5, 5.41) is 9.41. The third-order valence-corrected chi connectivity index (χ3v) is 3.58. The highest BCUT2D eigenvalue weighted by Gasteiger charge is 2.11. The van der Waals surface area contributed by atoms with Crippen LogP contribution in [-0.2, 0) is 0 Å². The van der Waals surface area contributed by atoms with E-state index >= 15 is 0 Å². The van der Waals surface area contributed by atoms with Crippen LogP contribution in [0.25, 0.3) is 22.6 Å². The SMILES string of the molecule is N#Cc1cc(-c2nc3ncncc3[nH]2)ccc1Oc1ccc(F)cc1. The number of hydrogen-bond acceptors (Lipinski definition) is 5. The molecule has 0 aliphatic rings. The number of aromatic nitrogens is 4. The normalized spacial score (nSPS) is 10.6. The maximum Gasteiger partial charge on any atom is 0.181 e. The summed E-state index contributed by atoms with van der Waals surface area (Å²) >= 11 is 0. The molecule has 2 aromatic carbocycles. The summed E-state index contributed by atoms with van der Waals surface area (Å²) in [6, 6.07) is 12.8. The lowest BCUT2D eigenvalue weighted by atomic mass is 10.1. The molecule has 2 aromatic heterocycles. The van der Waals surface area contributed by atoms with Crippen molar-refractivity contribution in [3.8, 4) is 29.0 Å². The van der Waals surface area contributed by atoms with Gasteiger partial charge in [0.1, 0.15) is 41.1 Å². The average Bonchev–Trinajstić information content (AvgIpc) is 3.08. The first-order valence-corrected chi connectivity index (χ1v) is 7.36. The van der Waals surface area contributed by atoms with Gasteiger partial charge in [0.2, 0.25) is 0 Å². The first kappa shape index (κ1) is 14.8. The fraction of sp³-hybridized carbons (Fsp3) is 0. The summed E-state index contributed by atoms with van der Waals surface area (Å²) in [7, 11) is 0. The first-order chi connectivity index (χ1) is 12.2. The number of aromatic amines is 1. The third kappa shape index (κ3) is 2.88. The van der Waals surface area contributed by atoms with Gasteiger partial charge >= 0.3 is 0 Å². The zero-order chi connectivity index (χ0) is 17.2.